The van der Waals surface area contributed by atoms with Crippen LogP contribution >= 0.6 is 0 Å². The third-order valence-electron chi connectivity index (χ3n) is 6.64. The molecule has 2 atom stereocenters. The molecule has 0 aliphatic heterocycles. The predicted molar refractivity (Wildman–Crippen MR) is 94.2 cm³/mol. The van der Waals surface area contributed by atoms with Gasteiger partial charge in [-0.05, 0) is 30.4 Å². The predicted octanol–water partition coefficient (Wildman–Crippen LogP) is 2.64. The Balaban J connectivity index is 2.04. The number of methoxy groups -OCH3 is 1. The number of fused-ring (bicyclic) bond motifs is 2. The first-order valence-electron chi connectivity index (χ1n) is 8.43. The summed E-state index contributed by atoms with van der Waals surface area (Å²) in [4.78, 5) is 38.2. The fourth-order valence-corrected chi connectivity index (χ4v) is 4.56. The number of para-hydroxylation sites is 1. The average molecular weight is 358 g/mol. The third-order valence-corrected chi connectivity index (χ3v) is 6.64. The molecule has 26 heavy (non-hydrogen) atoms. The van der Waals surface area contributed by atoms with E-state index in [1.165, 1.54) is 7.11 Å². The molecule has 0 radical (unpaired) electrons. The second-order valence-corrected chi connectivity index (χ2v) is 7.63. The number of benzene rings is 1. The number of oxime groups is 1. The summed E-state index contributed by atoms with van der Waals surface area (Å²) in [6, 6.07) is 6.47. The highest BCUT2D eigenvalue weighted by molar-refractivity contribution is 6.51. The summed E-state index contributed by atoms with van der Waals surface area (Å²) in [5.41, 5.74) is -2.22. The van der Waals surface area contributed by atoms with Crippen LogP contribution in [0.1, 0.15) is 44.0 Å². The molecule has 0 heterocycles. The van der Waals surface area contributed by atoms with E-state index in [2.05, 4.69) is 10.5 Å². The molecule has 7 nitrogen and oxygen atoms in total. The molecule has 7 heteroatoms. The van der Waals surface area contributed by atoms with E-state index >= 15 is 0 Å². The van der Waals surface area contributed by atoms with Crippen molar-refractivity contribution in [2.24, 2.45) is 21.4 Å². The van der Waals surface area contributed by atoms with Crippen LogP contribution in [0.2, 0.25) is 0 Å². The largest absolute Gasteiger partial charge is 0.465 e. The summed E-state index contributed by atoms with van der Waals surface area (Å²) in [5.74, 6) is -1.53. The fraction of sp³-hybridized carbons (Fsp3) is 0.474. The molecule has 0 spiro atoms. The van der Waals surface area contributed by atoms with Crippen LogP contribution < -0.4 is 5.32 Å². The Morgan fingerprint density at radius 3 is 2.42 bits per heavy atom. The van der Waals surface area contributed by atoms with Gasteiger partial charge in [-0.15, -0.1) is 0 Å². The number of Topliss-reactive ketones (excluding diaryl/α,β-unsaturated/α-hetero) is 1. The van der Waals surface area contributed by atoms with E-state index in [1.54, 1.807) is 24.3 Å². The number of nitrogens with zero attached hydrogens (tertiary/aromatic N) is 1. The molecule has 1 aromatic carbocycles. The summed E-state index contributed by atoms with van der Waals surface area (Å²) in [6.45, 7) is 5.55. The summed E-state index contributed by atoms with van der Waals surface area (Å²) < 4.78 is 4.75. The molecule has 2 aliphatic carbocycles. The van der Waals surface area contributed by atoms with Crippen LogP contribution in [0.5, 0.6) is 0 Å². The maximum Gasteiger partial charge on any atom is 0.339 e. The standard InChI is InChI=1S/C19H22N2O5/c1-17(2)18(3)9-10-19(17,14(22)13(18)21-25)16(24)20-12-8-6-5-7-11(12)15(23)26-4/h5-8,25H,9-10H2,1-4H3,(H,20,24). The number of amides is 1. The number of ketones is 1. The van der Waals surface area contributed by atoms with E-state index in [4.69, 9.17) is 4.74 Å². The number of rotatable bonds is 3. The number of hydrogen-bond donors (Lipinski definition) is 2. The smallest absolute Gasteiger partial charge is 0.339 e. The number of carbonyl (C=O) groups excluding carboxylic acids is 3. The lowest BCUT2D eigenvalue weighted by molar-refractivity contribution is -0.140. The summed E-state index contributed by atoms with van der Waals surface area (Å²) in [7, 11) is 1.26. The molecule has 2 saturated carbocycles. The lowest BCUT2D eigenvalue weighted by Crippen LogP contribution is -2.48. The van der Waals surface area contributed by atoms with Crippen molar-refractivity contribution < 1.29 is 24.3 Å². The van der Waals surface area contributed by atoms with Crippen molar-refractivity contribution in [3.05, 3.63) is 29.8 Å². The minimum atomic E-state index is -1.34. The van der Waals surface area contributed by atoms with Crippen LogP contribution in [0.4, 0.5) is 5.69 Å². The van der Waals surface area contributed by atoms with Gasteiger partial charge < -0.3 is 15.3 Å². The van der Waals surface area contributed by atoms with E-state index in [1.807, 2.05) is 20.8 Å². The van der Waals surface area contributed by atoms with Crippen molar-refractivity contribution in [3.63, 3.8) is 0 Å². The van der Waals surface area contributed by atoms with E-state index in [9.17, 15) is 19.6 Å². The monoisotopic (exact) mass is 358 g/mol. The maximum absolute atomic E-state index is 13.3. The van der Waals surface area contributed by atoms with Gasteiger partial charge in [-0.25, -0.2) is 4.79 Å². The molecule has 1 amide bonds. The molecule has 3 rings (SSSR count). The van der Waals surface area contributed by atoms with Crippen LogP contribution in [0.3, 0.4) is 0 Å². The molecule has 1 aromatic rings. The molecular weight excluding hydrogens is 336 g/mol. The first-order valence-corrected chi connectivity index (χ1v) is 8.43. The highest BCUT2D eigenvalue weighted by Gasteiger charge is 2.76. The molecular formula is C19H22N2O5. The summed E-state index contributed by atoms with van der Waals surface area (Å²) in [5, 5.41) is 15.3. The van der Waals surface area contributed by atoms with E-state index in [-0.39, 0.29) is 17.0 Å². The Hall–Kier alpha value is -2.70. The van der Waals surface area contributed by atoms with Crippen molar-refractivity contribution in [3.8, 4) is 0 Å². The van der Waals surface area contributed by atoms with Crippen LogP contribution in [-0.4, -0.2) is 35.7 Å². The van der Waals surface area contributed by atoms with E-state index < -0.39 is 33.9 Å². The zero-order valence-electron chi connectivity index (χ0n) is 15.3. The average Bonchev–Trinajstić information content (AvgIpc) is 2.89. The second kappa shape index (κ2) is 5.65. The number of nitrogens with one attached hydrogen (secondary N) is 1. The quantitative estimate of drug-likeness (QED) is 0.374. The Bertz CT molecular complexity index is 844. The van der Waals surface area contributed by atoms with Crippen molar-refractivity contribution in [1.82, 2.24) is 0 Å². The van der Waals surface area contributed by atoms with Crippen LogP contribution in [0, 0.1) is 16.2 Å². The third kappa shape index (κ3) is 1.94. The van der Waals surface area contributed by atoms with Gasteiger partial charge in [0.15, 0.2) is 5.78 Å². The summed E-state index contributed by atoms with van der Waals surface area (Å²) >= 11 is 0. The number of ether oxygens (including phenoxy) is 1. The van der Waals surface area contributed by atoms with Gasteiger partial charge in [0, 0.05) is 5.41 Å². The van der Waals surface area contributed by atoms with Gasteiger partial charge in [0.1, 0.15) is 11.1 Å². The van der Waals surface area contributed by atoms with Crippen molar-refractivity contribution >= 4 is 29.1 Å². The van der Waals surface area contributed by atoms with E-state index in [0.717, 1.165) is 0 Å². The minimum absolute atomic E-state index is 0.0464. The Kier molecular flexibility index (Phi) is 3.94. The van der Waals surface area contributed by atoms with Gasteiger partial charge in [-0.2, -0.15) is 0 Å². The number of anilines is 1. The topological polar surface area (TPSA) is 105 Å². The lowest BCUT2D eigenvalue weighted by Gasteiger charge is -2.37. The summed E-state index contributed by atoms with van der Waals surface area (Å²) in [6.07, 6.45) is 0.928. The van der Waals surface area contributed by atoms with Crippen LogP contribution in [0.25, 0.3) is 0 Å². The Morgan fingerprint density at radius 2 is 1.85 bits per heavy atom. The van der Waals surface area contributed by atoms with Gasteiger partial charge in [0.2, 0.25) is 5.91 Å². The minimum Gasteiger partial charge on any atom is -0.465 e. The van der Waals surface area contributed by atoms with Gasteiger partial charge in [-0.3, -0.25) is 9.59 Å². The first kappa shape index (κ1) is 18.1. The van der Waals surface area contributed by atoms with Crippen molar-refractivity contribution in [2.75, 3.05) is 12.4 Å². The number of carbonyl (C=O) groups is 3. The van der Waals surface area contributed by atoms with Gasteiger partial charge in [-0.1, -0.05) is 38.1 Å². The van der Waals surface area contributed by atoms with Crippen LogP contribution in [0.15, 0.2) is 29.4 Å². The normalized spacial score (nSPS) is 30.5. The molecule has 2 fully saturated rings. The SMILES string of the molecule is COC(=O)c1ccccc1NC(=O)C12CCC(C)(C(=NO)C1=O)C2(C)C. The maximum atomic E-state index is 13.3. The molecule has 0 saturated heterocycles. The zero-order valence-corrected chi connectivity index (χ0v) is 15.3. The zero-order chi connectivity index (χ0) is 19.3. The molecule has 2 N–H and O–H groups in total. The van der Waals surface area contributed by atoms with Gasteiger partial charge in [0.05, 0.1) is 18.4 Å². The highest BCUT2D eigenvalue weighted by Crippen LogP contribution is 2.69. The molecule has 2 aliphatic rings. The van der Waals surface area contributed by atoms with Crippen molar-refractivity contribution in [1.29, 1.82) is 0 Å². The molecule has 138 valence electrons. The number of hydrogen-bond acceptors (Lipinski definition) is 6. The number of esters is 1. The van der Waals surface area contributed by atoms with Crippen molar-refractivity contribution in [2.45, 2.75) is 33.6 Å². The fourth-order valence-electron chi connectivity index (χ4n) is 4.56. The molecule has 2 bridgehead atoms. The van der Waals surface area contributed by atoms with Crippen LogP contribution in [-0.2, 0) is 14.3 Å². The van der Waals surface area contributed by atoms with Gasteiger partial charge >= 0.3 is 5.97 Å². The lowest BCUT2D eigenvalue weighted by atomic mass is 9.64. The van der Waals surface area contributed by atoms with E-state index in [0.29, 0.717) is 12.8 Å². The van der Waals surface area contributed by atoms with Gasteiger partial charge in [0.25, 0.3) is 0 Å². The highest BCUT2D eigenvalue weighted by atomic mass is 16.5. The Morgan fingerprint density at radius 1 is 1.19 bits per heavy atom. The molecule has 2 unspecified atom stereocenters. The first-order chi connectivity index (χ1) is 12.2. The Labute approximate surface area is 151 Å². The molecule has 0 aromatic heterocycles. The second-order valence-electron chi connectivity index (χ2n) is 7.63.